The van der Waals surface area contributed by atoms with Crippen molar-refractivity contribution in [2.75, 3.05) is 13.7 Å². The van der Waals surface area contributed by atoms with Gasteiger partial charge in [-0.1, -0.05) is 0 Å². The summed E-state index contributed by atoms with van der Waals surface area (Å²) in [4.78, 5) is 15.2. The van der Waals surface area contributed by atoms with Gasteiger partial charge >= 0.3 is 5.97 Å². The molecule has 0 bridgehead atoms. The quantitative estimate of drug-likeness (QED) is 0.813. The van der Waals surface area contributed by atoms with Gasteiger partial charge in [0.15, 0.2) is 5.89 Å². The van der Waals surface area contributed by atoms with Crippen molar-refractivity contribution in [1.29, 1.82) is 0 Å². The van der Waals surface area contributed by atoms with Crippen LogP contribution in [0.25, 0.3) is 0 Å². The lowest BCUT2D eigenvalue weighted by atomic mass is 9.80. The summed E-state index contributed by atoms with van der Waals surface area (Å²) < 4.78 is 15.7. The Labute approximate surface area is 111 Å². The minimum atomic E-state index is -1.10. The maximum atomic E-state index is 11.0. The minimum Gasteiger partial charge on any atom is -0.475 e. The molecule has 0 aromatic carbocycles. The Kier molecular flexibility index (Phi) is 4.55. The third-order valence-corrected chi connectivity index (χ3v) is 3.28. The van der Waals surface area contributed by atoms with Gasteiger partial charge in [-0.2, -0.15) is 0 Å². The molecule has 0 saturated heterocycles. The molecule has 1 aliphatic carbocycles. The van der Waals surface area contributed by atoms with Crippen LogP contribution in [0, 0.1) is 5.92 Å². The topological polar surface area (TPSA) is 81.8 Å². The van der Waals surface area contributed by atoms with Gasteiger partial charge in [0.05, 0.1) is 12.7 Å². The number of methoxy groups -OCH3 is 1. The summed E-state index contributed by atoms with van der Waals surface area (Å²) in [5.41, 5.74) is 0.352. The number of nitrogens with zero attached hydrogens (tertiary/aromatic N) is 1. The van der Waals surface area contributed by atoms with Gasteiger partial charge in [0.25, 0.3) is 0 Å². The first-order valence-electron chi connectivity index (χ1n) is 6.46. The van der Waals surface area contributed by atoms with Crippen molar-refractivity contribution in [3.63, 3.8) is 0 Å². The Morgan fingerprint density at radius 1 is 1.53 bits per heavy atom. The number of carbonyl (C=O) groups is 1. The van der Waals surface area contributed by atoms with Crippen LogP contribution in [0.2, 0.25) is 0 Å². The van der Waals surface area contributed by atoms with Crippen molar-refractivity contribution in [3.8, 4) is 0 Å². The number of aromatic nitrogens is 1. The maximum absolute atomic E-state index is 11.0. The Morgan fingerprint density at radius 3 is 2.84 bits per heavy atom. The molecule has 106 valence electrons. The number of rotatable bonds is 7. The molecular weight excluding hydrogens is 250 g/mol. The number of ether oxygens (including phenoxy) is 2. The summed E-state index contributed by atoms with van der Waals surface area (Å²) >= 11 is 0. The fourth-order valence-corrected chi connectivity index (χ4v) is 2.35. The van der Waals surface area contributed by atoms with Crippen molar-refractivity contribution in [2.45, 2.75) is 38.9 Å². The van der Waals surface area contributed by atoms with Gasteiger partial charge in [-0.3, -0.25) is 0 Å². The summed E-state index contributed by atoms with van der Waals surface area (Å²) in [7, 11) is 1.50. The molecule has 0 unspecified atom stereocenters. The van der Waals surface area contributed by atoms with Crippen LogP contribution in [-0.2, 0) is 22.5 Å². The Balaban J connectivity index is 1.94. The van der Waals surface area contributed by atoms with E-state index in [1.165, 1.54) is 7.11 Å². The normalized spacial score (nSPS) is 22.2. The second kappa shape index (κ2) is 6.16. The summed E-state index contributed by atoms with van der Waals surface area (Å²) in [6, 6.07) is 0. The predicted molar refractivity (Wildman–Crippen MR) is 66.0 cm³/mol. The molecule has 0 spiro atoms. The Morgan fingerprint density at radius 2 is 2.26 bits per heavy atom. The summed E-state index contributed by atoms with van der Waals surface area (Å²) in [6.07, 6.45) is 2.96. The lowest BCUT2D eigenvalue weighted by Gasteiger charge is -2.34. The largest absolute Gasteiger partial charge is 0.475 e. The molecule has 0 aliphatic heterocycles. The van der Waals surface area contributed by atoms with Crippen LogP contribution in [0.1, 0.15) is 41.9 Å². The molecule has 1 fully saturated rings. The van der Waals surface area contributed by atoms with E-state index in [1.54, 1.807) is 0 Å². The first-order valence-corrected chi connectivity index (χ1v) is 6.46. The van der Waals surface area contributed by atoms with Gasteiger partial charge in [-0.15, -0.1) is 0 Å². The highest BCUT2D eigenvalue weighted by atomic mass is 16.5. The van der Waals surface area contributed by atoms with E-state index in [2.05, 4.69) is 4.98 Å². The summed E-state index contributed by atoms with van der Waals surface area (Å²) in [5.74, 6) is -0.277. The van der Waals surface area contributed by atoms with Crippen LogP contribution in [0.3, 0.4) is 0 Å². The molecule has 1 N–H and O–H groups in total. The monoisotopic (exact) mass is 269 g/mol. The van der Waals surface area contributed by atoms with Crippen LogP contribution in [-0.4, -0.2) is 35.9 Å². The fourth-order valence-electron chi connectivity index (χ4n) is 2.35. The second-order valence-corrected chi connectivity index (χ2v) is 4.74. The third kappa shape index (κ3) is 3.33. The zero-order valence-electron chi connectivity index (χ0n) is 11.2. The van der Waals surface area contributed by atoms with Crippen molar-refractivity contribution in [2.24, 2.45) is 5.92 Å². The van der Waals surface area contributed by atoms with Crippen LogP contribution < -0.4 is 0 Å². The molecule has 0 amide bonds. The minimum absolute atomic E-state index is 0.113. The molecule has 0 atom stereocenters. The van der Waals surface area contributed by atoms with Crippen molar-refractivity contribution in [3.05, 3.63) is 17.3 Å². The molecule has 6 nitrogen and oxygen atoms in total. The van der Waals surface area contributed by atoms with Gasteiger partial charge in [0, 0.05) is 20.1 Å². The highest BCUT2D eigenvalue weighted by Crippen LogP contribution is 2.33. The van der Waals surface area contributed by atoms with Gasteiger partial charge in [-0.05, 0) is 25.7 Å². The third-order valence-electron chi connectivity index (χ3n) is 3.28. The van der Waals surface area contributed by atoms with Gasteiger partial charge < -0.3 is 19.0 Å². The fraction of sp³-hybridized carbons (Fsp3) is 0.692. The van der Waals surface area contributed by atoms with E-state index in [0.29, 0.717) is 30.0 Å². The van der Waals surface area contributed by atoms with E-state index in [4.69, 9.17) is 19.0 Å². The number of hydrogen-bond donors (Lipinski definition) is 1. The molecule has 1 aromatic heterocycles. The SMILES string of the molecule is CCOC1CC(Cc2nc(COC)c(C(=O)O)o2)C1. The molecule has 19 heavy (non-hydrogen) atoms. The summed E-state index contributed by atoms with van der Waals surface area (Å²) in [6.45, 7) is 2.87. The average molecular weight is 269 g/mol. The van der Waals surface area contributed by atoms with Crippen LogP contribution >= 0.6 is 0 Å². The lowest BCUT2D eigenvalue weighted by Crippen LogP contribution is -2.32. The number of oxazole rings is 1. The molecule has 1 aromatic rings. The smallest absolute Gasteiger partial charge is 0.373 e. The Hall–Kier alpha value is -1.40. The maximum Gasteiger partial charge on any atom is 0.373 e. The van der Waals surface area contributed by atoms with E-state index in [1.807, 2.05) is 6.92 Å². The zero-order chi connectivity index (χ0) is 13.8. The molecule has 1 heterocycles. The van der Waals surface area contributed by atoms with Crippen molar-refractivity contribution in [1.82, 2.24) is 4.98 Å². The predicted octanol–water partition coefficient (Wildman–Crippen LogP) is 1.88. The van der Waals surface area contributed by atoms with E-state index in [-0.39, 0.29) is 12.4 Å². The highest BCUT2D eigenvalue weighted by Gasteiger charge is 2.31. The van der Waals surface area contributed by atoms with E-state index in [0.717, 1.165) is 19.4 Å². The Bertz CT molecular complexity index is 436. The number of hydrogen-bond acceptors (Lipinski definition) is 5. The molecule has 1 aliphatic rings. The van der Waals surface area contributed by atoms with Gasteiger partial charge in [0.2, 0.25) is 5.76 Å². The summed E-state index contributed by atoms with van der Waals surface area (Å²) in [5, 5.41) is 9.01. The molecule has 6 heteroatoms. The molecule has 2 rings (SSSR count). The van der Waals surface area contributed by atoms with Gasteiger partial charge in [-0.25, -0.2) is 9.78 Å². The van der Waals surface area contributed by atoms with Gasteiger partial charge in [0.1, 0.15) is 5.69 Å². The second-order valence-electron chi connectivity index (χ2n) is 4.74. The zero-order valence-corrected chi connectivity index (χ0v) is 11.2. The van der Waals surface area contributed by atoms with Crippen LogP contribution in [0.15, 0.2) is 4.42 Å². The molecule has 1 saturated carbocycles. The van der Waals surface area contributed by atoms with Crippen LogP contribution in [0.5, 0.6) is 0 Å². The lowest BCUT2D eigenvalue weighted by molar-refractivity contribution is -0.0256. The number of carboxylic acid groups (broad SMARTS) is 1. The average Bonchev–Trinajstić information content (AvgIpc) is 2.70. The number of carboxylic acids is 1. The van der Waals surface area contributed by atoms with E-state index < -0.39 is 5.97 Å². The van der Waals surface area contributed by atoms with Crippen molar-refractivity contribution >= 4 is 5.97 Å². The first kappa shape index (κ1) is 14.0. The molecular formula is C13H19NO5. The van der Waals surface area contributed by atoms with E-state index >= 15 is 0 Å². The van der Waals surface area contributed by atoms with E-state index in [9.17, 15) is 4.79 Å². The standard InChI is InChI=1S/C13H19NO5/c1-3-18-9-4-8(5-9)6-11-14-10(7-17-2)12(19-11)13(15)16/h8-9H,3-7H2,1-2H3,(H,15,16). The highest BCUT2D eigenvalue weighted by molar-refractivity contribution is 5.85. The molecule has 0 radical (unpaired) electrons. The number of aromatic carboxylic acids is 1. The van der Waals surface area contributed by atoms with Crippen LogP contribution in [0.4, 0.5) is 0 Å². The first-order chi connectivity index (χ1) is 9.13. The van der Waals surface area contributed by atoms with Crippen molar-refractivity contribution < 1.29 is 23.8 Å².